The maximum atomic E-state index is 12.0. The lowest BCUT2D eigenvalue weighted by Gasteiger charge is -2.28. The first kappa shape index (κ1) is 18.8. The standard InChI is InChI=1S/C17H24BrNO3/c1-11-6-7-12(2)16(22-14(21)8-9-19-5)15(11)17(3,4)10-13(18)20/h6-7,19H,8-10H2,1-5H3. The molecular formula is C17H24BrNO3. The van der Waals surface area contributed by atoms with E-state index in [-0.39, 0.29) is 10.7 Å². The summed E-state index contributed by atoms with van der Waals surface area (Å²) < 4.78 is 5.56. The fourth-order valence-corrected chi connectivity index (χ4v) is 3.29. The van der Waals surface area contributed by atoms with Crippen LogP contribution >= 0.6 is 15.9 Å². The Morgan fingerprint density at radius 2 is 1.82 bits per heavy atom. The van der Waals surface area contributed by atoms with Gasteiger partial charge in [-0.25, -0.2) is 0 Å². The smallest absolute Gasteiger partial charge is 0.312 e. The van der Waals surface area contributed by atoms with Crippen molar-refractivity contribution < 1.29 is 14.3 Å². The molecule has 0 aliphatic rings. The first-order valence-corrected chi connectivity index (χ1v) is 8.12. The highest BCUT2D eigenvalue weighted by Crippen LogP contribution is 2.39. The van der Waals surface area contributed by atoms with Crippen LogP contribution in [-0.4, -0.2) is 24.3 Å². The highest BCUT2D eigenvalue weighted by atomic mass is 79.9. The van der Waals surface area contributed by atoms with Gasteiger partial charge in [0, 0.05) is 23.9 Å². The number of esters is 1. The van der Waals surface area contributed by atoms with Crippen LogP contribution in [-0.2, 0) is 15.0 Å². The van der Waals surface area contributed by atoms with E-state index in [4.69, 9.17) is 4.74 Å². The predicted octanol–water partition coefficient (Wildman–Crippen LogP) is 3.41. The van der Waals surface area contributed by atoms with Gasteiger partial charge >= 0.3 is 5.97 Å². The third-order valence-corrected chi connectivity index (χ3v) is 3.90. The Morgan fingerprint density at radius 1 is 1.23 bits per heavy atom. The van der Waals surface area contributed by atoms with Gasteiger partial charge < -0.3 is 10.1 Å². The van der Waals surface area contributed by atoms with Gasteiger partial charge in [-0.1, -0.05) is 26.0 Å². The molecular weight excluding hydrogens is 346 g/mol. The van der Waals surface area contributed by atoms with E-state index < -0.39 is 5.41 Å². The average molecular weight is 370 g/mol. The molecule has 22 heavy (non-hydrogen) atoms. The molecule has 0 amide bonds. The minimum Gasteiger partial charge on any atom is -0.426 e. The van der Waals surface area contributed by atoms with E-state index in [0.29, 0.717) is 25.1 Å². The molecule has 0 saturated carbocycles. The predicted molar refractivity (Wildman–Crippen MR) is 91.7 cm³/mol. The molecule has 0 atom stereocenters. The van der Waals surface area contributed by atoms with Gasteiger partial charge in [0.2, 0.25) is 0 Å². The van der Waals surface area contributed by atoms with E-state index in [1.54, 1.807) is 7.05 Å². The van der Waals surface area contributed by atoms with Gasteiger partial charge in [-0.3, -0.25) is 9.59 Å². The lowest BCUT2D eigenvalue weighted by molar-refractivity contribution is -0.134. The van der Waals surface area contributed by atoms with Crippen LogP contribution in [0.4, 0.5) is 0 Å². The average Bonchev–Trinajstić information content (AvgIpc) is 2.38. The van der Waals surface area contributed by atoms with E-state index in [2.05, 4.69) is 21.2 Å². The number of nitrogens with one attached hydrogen (secondary N) is 1. The molecule has 0 unspecified atom stereocenters. The number of aryl methyl sites for hydroxylation is 2. The van der Waals surface area contributed by atoms with E-state index in [1.165, 1.54) is 0 Å². The maximum Gasteiger partial charge on any atom is 0.312 e. The molecule has 1 rings (SSSR count). The Hall–Kier alpha value is -1.20. The van der Waals surface area contributed by atoms with Crippen LogP contribution in [0.15, 0.2) is 12.1 Å². The van der Waals surface area contributed by atoms with Crippen molar-refractivity contribution >= 4 is 26.6 Å². The summed E-state index contributed by atoms with van der Waals surface area (Å²) >= 11 is 3.01. The van der Waals surface area contributed by atoms with Crippen LogP contribution in [0.25, 0.3) is 0 Å². The summed E-state index contributed by atoms with van der Waals surface area (Å²) in [5, 5.41) is 2.93. The first-order valence-electron chi connectivity index (χ1n) is 7.33. The van der Waals surface area contributed by atoms with Crippen LogP contribution in [0.1, 0.15) is 43.4 Å². The summed E-state index contributed by atoms with van der Waals surface area (Å²) in [5.41, 5.74) is 2.40. The quantitative estimate of drug-likeness (QED) is 0.454. The zero-order valence-corrected chi connectivity index (χ0v) is 15.5. The molecule has 1 aromatic carbocycles. The molecule has 0 spiro atoms. The second-order valence-electron chi connectivity index (χ2n) is 6.15. The second-order valence-corrected chi connectivity index (χ2v) is 7.03. The van der Waals surface area contributed by atoms with Gasteiger partial charge in [0.05, 0.1) is 6.42 Å². The van der Waals surface area contributed by atoms with Crippen molar-refractivity contribution in [2.75, 3.05) is 13.6 Å². The van der Waals surface area contributed by atoms with Crippen molar-refractivity contribution in [3.8, 4) is 5.75 Å². The Morgan fingerprint density at radius 3 is 2.36 bits per heavy atom. The van der Waals surface area contributed by atoms with Gasteiger partial charge in [0.1, 0.15) is 5.75 Å². The van der Waals surface area contributed by atoms with E-state index >= 15 is 0 Å². The summed E-state index contributed by atoms with van der Waals surface area (Å²) in [4.78, 5) is 23.5. The SMILES string of the molecule is CNCCC(=O)Oc1c(C)ccc(C)c1C(C)(C)CC(=O)Br. The minimum atomic E-state index is -0.421. The zero-order valence-electron chi connectivity index (χ0n) is 13.9. The van der Waals surface area contributed by atoms with Crippen molar-refractivity contribution in [2.45, 2.75) is 46.0 Å². The van der Waals surface area contributed by atoms with Gasteiger partial charge in [0.25, 0.3) is 0 Å². The first-order chi connectivity index (χ1) is 10.2. The molecule has 0 saturated heterocycles. The van der Waals surface area contributed by atoms with Crippen molar-refractivity contribution in [1.29, 1.82) is 0 Å². The largest absolute Gasteiger partial charge is 0.426 e. The Balaban J connectivity index is 3.23. The molecule has 1 aromatic rings. The van der Waals surface area contributed by atoms with Gasteiger partial charge in [-0.15, -0.1) is 0 Å². The Labute approximate surface area is 140 Å². The number of carbonyl (C=O) groups is 2. The summed E-state index contributed by atoms with van der Waals surface area (Å²) in [7, 11) is 1.79. The number of benzene rings is 1. The van der Waals surface area contributed by atoms with Crippen molar-refractivity contribution in [3.05, 3.63) is 28.8 Å². The Bertz CT molecular complexity index is 567. The minimum absolute atomic E-state index is 0.0640. The number of rotatable bonds is 7. The lowest BCUT2D eigenvalue weighted by atomic mass is 9.78. The topological polar surface area (TPSA) is 55.4 Å². The van der Waals surface area contributed by atoms with Crippen LogP contribution < -0.4 is 10.1 Å². The summed E-state index contributed by atoms with van der Waals surface area (Å²) in [6, 6.07) is 3.93. The van der Waals surface area contributed by atoms with Gasteiger partial charge in [-0.05, 0) is 48.0 Å². The molecule has 0 bridgehead atoms. The fraction of sp³-hybridized carbons (Fsp3) is 0.529. The van der Waals surface area contributed by atoms with E-state index in [0.717, 1.165) is 16.7 Å². The molecule has 1 N–H and O–H groups in total. The third kappa shape index (κ3) is 4.92. The molecule has 0 aliphatic carbocycles. The monoisotopic (exact) mass is 369 g/mol. The molecule has 0 radical (unpaired) electrons. The van der Waals surface area contributed by atoms with Gasteiger partial charge in [0.15, 0.2) is 4.69 Å². The maximum absolute atomic E-state index is 12.0. The Kier molecular flexibility index (Phi) is 6.75. The number of hydrogen-bond donors (Lipinski definition) is 1. The third-order valence-electron chi connectivity index (χ3n) is 3.62. The van der Waals surface area contributed by atoms with Crippen LogP contribution in [0.3, 0.4) is 0 Å². The second kappa shape index (κ2) is 7.88. The summed E-state index contributed by atoms with van der Waals surface area (Å²) in [6.07, 6.45) is 0.638. The number of ether oxygens (including phenoxy) is 1. The molecule has 0 aromatic heterocycles. The van der Waals surface area contributed by atoms with E-state index in [9.17, 15) is 9.59 Å². The molecule has 122 valence electrons. The summed E-state index contributed by atoms with van der Waals surface area (Å²) in [5.74, 6) is 0.310. The number of carbonyl (C=O) groups excluding carboxylic acids is 2. The normalized spacial score (nSPS) is 11.4. The molecule has 0 fully saturated rings. The van der Waals surface area contributed by atoms with Gasteiger partial charge in [-0.2, -0.15) is 0 Å². The molecule has 5 heteroatoms. The van der Waals surface area contributed by atoms with Crippen LogP contribution in [0, 0.1) is 13.8 Å². The number of halogens is 1. The summed E-state index contributed by atoms with van der Waals surface area (Å²) in [6.45, 7) is 8.43. The fourth-order valence-electron chi connectivity index (χ4n) is 2.59. The van der Waals surface area contributed by atoms with Crippen molar-refractivity contribution in [2.24, 2.45) is 0 Å². The molecule has 4 nitrogen and oxygen atoms in total. The van der Waals surface area contributed by atoms with Crippen molar-refractivity contribution in [1.82, 2.24) is 5.32 Å². The van der Waals surface area contributed by atoms with Crippen molar-refractivity contribution in [3.63, 3.8) is 0 Å². The zero-order chi connectivity index (χ0) is 16.9. The van der Waals surface area contributed by atoms with Crippen LogP contribution in [0.2, 0.25) is 0 Å². The lowest BCUT2D eigenvalue weighted by Crippen LogP contribution is -2.24. The van der Waals surface area contributed by atoms with E-state index in [1.807, 2.05) is 39.8 Å². The van der Waals surface area contributed by atoms with Crippen LogP contribution in [0.5, 0.6) is 5.75 Å². The molecule has 0 aliphatic heterocycles. The molecule has 0 heterocycles. The number of hydrogen-bond acceptors (Lipinski definition) is 4. The highest BCUT2D eigenvalue weighted by Gasteiger charge is 2.30. The highest BCUT2D eigenvalue weighted by molar-refractivity contribution is 9.18.